The van der Waals surface area contributed by atoms with E-state index in [1.54, 1.807) is 24.5 Å². The van der Waals surface area contributed by atoms with E-state index in [1.165, 1.54) is 0 Å². The highest BCUT2D eigenvalue weighted by Gasteiger charge is 2.06. The Balaban J connectivity index is 0.000000157. The van der Waals surface area contributed by atoms with E-state index in [2.05, 4.69) is 55.3 Å². The average molecular weight is 531 g/mol. The predicted octanol–water partition coefficient (Wildman–Crippen LogP) is 6.87. The monoisotopic (exact) mass is 530 g/mol. The van der Waals surface area contributed by atoms with Gasteiger partial charge >= 0.3 is 0 Å². The minimum Gasteiger partial charge on any atom is -0.285 e. The molecule has 6 heterocycles. The van der Waals surface area contributed by atoms with Gasteiger partial charge in [0, 0.05) is 53.6 Å². The van der Waals surface area contributed by atoms with Gasteiger partial charge in [0.15, 0.2) is 0 Å². The number of fused-ring (bicyclic) bond motifs is 2. The molecule has 6 aromatic heterocycles. The fourth-order valence-electron chi connectivity index (χ4n) is 3.71. The lowest BCUT2D eigenvalue weighted by Crippen LogP contribution is -2.01. The van der Waals surface area contributed by atoms with Crippen LogP contribution in [0.2, 0.25) is 10.3 Å². The Bertz CT molecular complexity index is 1640. The van der Waals surface area contributed by atoms with Gasteiger partial charge in [0.1, 0.15) is 10.3 Å². The minimum absolute atomic E-state index is 0.471. The van der Waals surface area contributed by atoms with Crippen molar-refractivity contribution in [1.29, 1.82) is 0 Å². The number of hydrogen-bond donors (Lipinski definition) is 1. The first-order valence-corrected chi connectivity index (χ1v) is 12.6. The van der Waals surface area contributed by atoms with E-state index in [-0.39, 0.29) is 0 Å². The Morgan fingerprint density at radius 2 is 1.38 bits per heavy atom. The van der Waals surface area contributed by atoms with Crippen LogP contribution < -0.4 is 0 Å². The second kappa shape index (κ2) is 11.0. The van der Waals surface area contributed by atoms with Gasteiger partial charge < -0.3 is 0 Å². The van der Waals surface area contributed by atoms with Crippen molar-refractivity contribution in [3.8, 4) is 22.3 Å². The number of aromatic amines is 1. The SMILES string of the molecule is CC(C)CCn1cc(-c2cnc3ccc(Cl)nc3c2)cn1.Clc1ccc2ncc(-c3cn[nH]c3)cc2n1. The van der Waals surface area contributed by atoms with E-state index < -0.39 is 0 Å². The summed E-state index contributed by atoms with van der Waals surface area (Å²) in [5, 5.41) is 12.0. The zero-order valence-electron chi connectivity index (χ0n) is 20.3. The van der Waals surface area contributed by atoms with Crippen LogP contribution in [0.1, 0.15) is 20.3 Å². The number of pyridine rings is 4. The molecule has 0 atom stereocenters. The molecule has 0 fully saturated rings. The van der Waals surface area contributed by atoms with Crippen molar-refractivity contribution in [1.82, 2.24) is 39.9 Å². The molecule has 6 aromatic rings. The number of hydrogen-bond acceptors (Lipinski definition) is 6. The van der Waals surface area contributed by atoms with E-state index in [4.69, 9.17) is 23.2 Å². The molecule has 0 saturated heterocycles. The van der Waals surface area contributed by atoms with Crippen molar-refractivity contribution >= 4 is 45.3 Å². The summed E-state index contributed by atoms with van der Waals surface area (Å²) in [4.78, 5) is 17.3. The summed E-state index contributed by atoms with van der Waals surface area (Å²) in [6, 6.07) is 11.1. The third-order valence-electron chi connectivity index (χ3n) is 5.74. The summed E-state index contributed by atoms with van der Waals surface area (Å²) in [5.41, 5.74) is 7.27. The highest BCUT2D eigenvalue weighted by atomic mass is 35.5. The van der Waals surface area contributed by atoms with Gasteiger partial charge in [-0.25, -0.2) is 9.97 Å². The molecule has 0 aliphatic heterocycles. The van der Waals surface area contributed by atoms with Crippen molar-refractivity contribution < 1.29 is 0 Å². The van der Waals surface area contributed by atoms with E-state index in [9.17, 15) is 0 Å². The van der Waals surface area contributed by atoms with Gasteiger partial charge in [-0.3, -0.25) is 19.7 Å². The molecular formula is C27H24Cl2N8. The Morgan fingerprint density at radius 1 is 0.757 bits per heavy atom. The number of H-pyrrole nitrogens is 1. The summed E-state index contributed by atoms with van der Waals surface area (Å²) < 4.78 is 1.98. The lowest BCUT2D eigenvalue weighted by molar-refractivity contribution is 0.487. The fraction of sp³-hybridized carbons (Fsp3) is 0.185. The minimum atomic E-state index is 0.471. The molecule has 186 valence electrons. The highest BCUT2D eigenvalue weighted by Crippen LogP contribution is 2.23. The molecule has 0 aliphatic rings. The van der Waals surface area contributed by atoms with Gasteiger partial charge in [-0.2, -0.15) is 10.2 Å². The number of aromatic nitrogens is 8. The van der Waals surface area contributed by atoms with Gasteiger partial charge in [-0.1, -0.05) is 37.0 Å². The molecule has 6 rings (SSSR count). The summed E-state index contributed by atoms with van der Waals surface area (Å²) in [6.45, 7) is 5.36. The van der Waals surface area contributed by atoms with Crippen LogP contribution in [0.4, 0.5) is 0 Å². The number of aryl methyl sites for hydroxylation is 1. The molecule has 0 aromatic carbocycles. The van der Waals surface area contributed by atoms with E-state index >= 15 is 0 Å². The molecule has 0 spiro atoms. The molecule has 0 amide bonds. The normalized spacial score (nSPS) is 11.2. The summed E-state index contributed by atoms with van der Waals surface area (Å²) >= 11 is 11.8. The topological polar surface area (TPSA) is 98.1 Å². The molecule has 0 saturated carbocycles. The number of nitrogens with zero attached hydrogens (tertiary/aromatic N) is 7. The zero-order chi connectivity index (χ0) is 25.8. The van der Waals surface area contributed by atoms with Crippen LogP contribution in [0.3, 0.4) is 0 Å². The third kappa shape index (κ3) is 6.10. The van der Waals surface area contributed by atoms with Crippen molar-refractivity contribution in [2.45, 2.75) is 26.8 Å². The highest BCUT2D eigenvalue weighted by molar-refractivity contribution is 6.30. The summed E-state index contributed by atoms with van der Waals surface area (Å²) in [5.74, 6) is 0.673. The lowest BCUT2D eigenvalue weighted by atomic mass is 10.1. The molecule has 0 bridgehead atoms. The average Bonchev–Trinajstić information content (AvgIpc) is 3.60. The maximum atomic E-state index is 5.94. The summed E-state index contributed by atoms with van der Waals surface area (Å²) in [7, 11) is 0. The van der Waals surface area contributed by atoms with Crippen LogP contribution in [-0.4, -0.2) is 39.9 Å². The number of nitrogens with one attached hydrogen (secondary N) is 1. The first kappa shape index (κ1) is 24.8. The second-order valence-corrected chi connectivity index (χ2v) is 9.73. The van der Waals surface area contributed by atoms with Crippen molar-refractivity contribution in [3.05, 3.63) is 83.9 Å². The van der Waals surface area contributed by atoms with Crippen molar-refractivity contribution in [3.63, 3.8) is 0 Å². The molecule has 37 heavy (non-hydrogen) atoms. The van der Waals surface area contributed by atoms with Crippen molar-refractivity contribution in [2.75, 3.05) is 0 Å². The maximum Gasteiger partial charge on any atom is 0.129 e. The van der Waals surface area contributed by atoms with Gasteiger partial charge in [0.2, 0.25) is 0 Å². The van der Waals surface area contributed by atoms with Crippen molar-refractivity contribution in [2.24, 2.45) is 5.92 Å². The lowest BCUT2D eigenvalue weighted by Gasteiger charge is -2.04. The second-order valence-electron chi connectivity index (χ2n) is 8.95. The maximum absolute atomic E-state index is 5.94. The molecular weight excluding hydrogens is 507 g/mol. The molecule has 10 heteroatoms. The number of rotatable bonds is 5. The van der Waals surface area contributed by atoms with Gasteiger partial charge in [-0.15, -0.1) is 0 Å². The van der Waals surface area contributed by atoms with E-state index in [0.717, 1.165) is 57.3 Å². The molecule has 8 nitrogen and oxygen atoms in total. The molecule has 0 aliphatic carbocycles. The fourth-order valence-corrected chi connectivity index (χ4v) is 4.02. The van der Waals surface area contributed by atoms with Crippen LogP contribution >= 0.6 is 23.2 Å². The van der Waals surface area contributed by atoms with E-state index in [0.29, 0.717) is 16.2 Å². The van der Waals surface area contributed by atoms with Crippen LogP contribution in [0, 0.1) is 5.92 Å². The Labute approximate surface area is 223 Å². The van der Waals surface area contributed by atoms with Gasteiger partial charge in [0.25, 0.3) is 0 Å². The van der Waals surface area contributed by atoms with Crippen LogP contribution in [0.25, 0.3) is 44.3 Å². The quantitative estimate of drug-likeness (QED) is 0.244. The molecule has 0 radical (unpaired) electrons. The van der Waals surface area contributed by atoms with Gasteiger partial charge in [0.05, 0.1) is 34.5 Å². The molecule has 1 N–H and O–H groups in total. The largest absolute Gasteiger partial charge is 0.285 e. The first-order valence-electron chi connectivity index (χ1n) is 11.8. The molecule has 0 unspecified atom stereocenters. The predicted molar refractivity (Wildman–Crippen MR) is 147 cm³/mol. The number of halogens is 2. The third-order valence-corrected chi connectivity index (χ3v) is 6.16. The van der Waals surface area contributed by atoms with E-state index in [1.807, 2.05) is 47.5 Å². The standard InChI is InChI=1S/C16H17ClN4.C11H7ClN4/c1-11(2)5-6-21-10-13(9-19-21)12-7-15-14(18-8-12)3-4-16(17)20-15;12-11-2-1-9-10(16-11)3-7(4-13-9)8-5-14-15-6-8/h3-4,7-11H,5-6H2,1-2H3;1-6H,(H,14,15). The smallest absolute Gasteiger partial charge is 0.129 e. The van der Waals surface area contributed by atoms with Crippen LogP contribution in [0.5, 0.6) is 0 Å². The Kier molecular flexibility index (Phi) is 7.39. The van der Waals surface area contributed by atoms with Crippen LogP contribution in [-0.2, 0) is 6.54 Å². The first-order chi connectivity index (χ1) is 17.9. The zero-order valence-corrected chi connectivity index (χ0v) is 21.8. The Hall–Kier alpha value is -3.88. The Morgan fingerprint density at radius 3 is 1.95 bits per heavy atom. The van der Waals surface area contributed by atoms with Gasteiger partial charge in [-0.05, 0) is 48.7 Å². The summed E-state index contributed by atoms with van der Waals surface area (Å²) in [6.07, 6.45) is 12.2. The van der Waals surface area contributed by atoms with Crippen LogP contribution in [0.15, 0.2) is 73.6 Å².